The molecule has 1 atom stereocenters. The van der Waals surface area contributed by atoms with Crippen molar-refractivity contribution in [3.05, 3.63) is 29.8 Å². The molecule has 0 aliphatic carbocycles. The van der Waals surface area contributed by atoms with Gasteiger partial charge in [-0.1, -0.05) is 19.1 Å². The van der Waals surface area contributed by atoms with Crippen molar-refractivity contribution in [3.63, 3.8) is 0 Å². The molecule has 0 bridgehead atoms. The van der Waals surface area contributed by atoms with Crippen molar-refractivity contribution in [2.24, 2.45) is 5.73 Å². The second-order valence-electron chi connectivity index (χ2n) is 5.13. The molecule has 2 heteroatoms. The van der Waals surface area contributed by atoms with Crippen LogP contribution in [-0.2, 0) is 6.42 Å². The highest BCUT2D eigenvalue weighted by atomic mass is 15.1. The summed E-state index contributed by atoms with van der Waals surface area (Å²) in [6.45, 7) is 9.87. The summed E-state index contributed by atoms with van der Waals surface area (Å²) in [6.07, 6.45) is 2.13. The van der Waals surface area contributed by atoms with E-state index in [9.17, 15) is 0 Å². The topological polar surface area (TPSA) is 29.3 Å². The molecule has 0 radical (unpaired) electrons. The van der Waals surface area contributed by atoms with Crippen LogP contribution in [0.15, 0.2) is 24.3 Å². The molecule has 17 heavy (non-hydrogen) atoms. The van der Waals surface area contributed by atoms with E-state index in [1.807, 2.05) is 6.92 Å². The van der Waals surface area contributed by atoms with Crippen molar-refractivity contribution >= 4 is 5.69 Å². The third kappa shape index (κ3) is 4.39. The minimum absolute atomic E-state index is 0.234. The number of hydrogen-bond donors (Lipinski definition) is 1. The molecule has 0 aromatic heterocycles. The monoisotopic (exact) mass is 234 g/mol. The lowest BCUT2D eigenvalue weighted by Crippen LogP contribution is -2.31. The molecule has 0 saturated carbocycles. The molecule has 96 valence electrons. The fraction of sp³-hybridized carbons (Fsp3) is 0.600. The zero-order valence-corrected chi connectivity index (χ0v) is 11.6. The Morgan fingerprint density at radius 2 is 1.71 bits per heavy atom. The molecule has 0 spiro atoms. The summed E-state index contributed by atoms with van der Waals surface area (Å²) in [5.41, 5.74) is 8.45. The van der Waals surface area contributed by atoms with Crippen LogP contribution in [0.1, 0.15) is 39.7 Å². The highest BCUT2D eigenvalue weighted by Gasteiger charge is 2.09. The van der Waals surface area contributed by atoms with Gasteiger partial charge in [-0.2, -0.15) is 0 Å². The predicted molar refractivity (Wildman–Crippen MR) is 76.6 cm³/mol. The van der Waals surface area contributed by atoms with E-state index < -0.39 is 0 Å². The average Bonchev–Trinajstić information content (AvgIpc) is 2.26. The van der Waals surface area contributed by atoms with E-state index in [0.717, 1.165) is 13.0 Å². The van der Waals surface area contributed by atoms with Crippen LogP contribution in [0.5, 0.6) is 0 Å². The summed E-state index contributed by atoms with van der Waals surface area (Å²) in [6, 6.07) is 9.61. The summed E-state index contributed by atoms with van der Waals surface area (Å²) in [5.74, 6) is 0. The van der Waals surface area contributed by atoms with E-state index in [1.54, 1.807) is 0 Å². The lowest BCUT2D eigenvalue weighted by Gasteiger charge is -2.28. The van der Waals surface area contributed by atoms with Crippen LogP contribution in [0.4, 0.5) is 5.69 Å². The normalized spacial score (nSPS) is 12.8. The lowest BCUT2D eigenvalue weighted by atomic mass is 10.1. The standard InChI is InChI=1S/C15H26N2/c1-5-10-17(12(2)3)15-8-6-14(7-9-15)11-13(4)16/h6-9,12-13H,5,10-11,16H2,1-4H3. The Balaban J connectivity index is 2.77. The van der Waals surface area contributed by atoms with Crippen molar-refractivity contribution < 1.29 is 0 Å². The molecule has 0 fully saturated rings. The van der Waals surface area contributed by atoms with Crippen LogP contribution in [0.3, 0.4) is 0 Å². The molecule has 2 N–H and O–H groups in total. The van der Waals surface area contributed by atoms with Gasteiger partial charge in [0.1, 0.15) is 0 Å². The van der Waals surface area contributed by atoms with Crippen LogP contribution in [0.25, 0.3) is 0 Å². The van der Waals surface area contributed by atoms with Gasteiger partial charge in [0.05, 0.1) is 0 Å². The van der Waals surface area contributed by atoms with Crippen molar-refractivity contribution in [1.82, 2.24) is 0 Å². The first kappa shape index (κ1) is 14.0. The Morgan fingerprint density at radius 3 is 2.12 bits per heavy atom. The van der Waals surface area contributed by atoms with Gasteiger partial charge in [0.15, 0.2) is 0 Å². The van der Waals surface area contributed by atoms with Gasteiger partial charge < -0.3 is 10.6 Å². The molecule has 0 amide bonds. The van der Waals surface area contributed by atoms with Gasteiger partial charge >= 0.3 is 0 Å². The molecular formula is C15H26N2. The minimum Gasteiger partial charge on any atom is -0.369 e. The molecule has 1 unspecified atom stereocenters. The second-order valence-corrected chi connectivity index (χ2v) is 5.13. The summed E-state index contributed by atoms with van der Waals surface area (Å²) < 4.78 is 0. The Morgan fingerprint density at radius 1 is 1.12 bits per heavy atom. The highest BCUT2D eigenvalue weighted by Crippen LogP contribution is 2.18. The maximum Gasteiger partial charge on any atom is 0.0368 e. The van der Waals surface area contributed by atoms with E-state index in [0.29, 0.717) is 6.04 Å². The predicted octanol–water partition coefficient (Wildman–Crippen LogP) is 3.20. The average molecular weight is 234 g/mol. The van der Waals surface area contributed by atoms with Gasteiger partial charge in [-0.25, -0.2) is 0 Å². The largest absolute Gasteiger partial charge is 0.369 e. The Kier molecular flexibility index (Phi) is 5.49. The van der Waals surface area contributed by atoms with Gasteiger partial charge in [-0.15, -0.1) is 0 Å². The van der Waals surface area contributed by atoms with Crippen LogP contribution >= 0.6 is 0 Å². The number of nitrogens with zero attached hydrogens (tertiary/aromatic N) is 1. The fourth-order valence-electron chi connectivity index (χ4n) is 2.12. The van der Waals surface area contributed by atoms with Crippen molar-refractivity contribution in [1.29, 1.82) is 0 Å². The maximum atomic E-state index is 5.81. The molecule has 0 aliphatic rings. The van der Waals surface area contributed by atoms with Crippen molar-refractivity contribution in [2.75, 3.05) is 11.4 Å². The number of rotatable bonds is 6. The smallest absolute Gasteiger partial charge is 0.0368 e. The van der Waals surface area contributed by atoms with Crippen LogP contribution in [-0.4, -0.2) is 18.6 Å². The number of hydrogen-bond acceptors (Lipinski definition) is 2. The second kappa shape index (κ2) is 6.65. The number of anilines is 1. The van der Waals surface area contributed by atoms with Gasteiger partial charge in [0, 0.05) is 24.3 Å². The minimum atomic E-state index is 0.234. The Bertz CT molecular complexity index is 314. The summed E-state index contributed by atoms with van der Waals surface area (Å²) in [4.78, 5) is 2.44. The van der Waals surface area contributed by atoms with Crippen molar-refractivity contribution in [2.45, 2.75) is 52.6 Å². The van der Waals surface area contributed by atoms with Crippen LogP contribution in [0.2, 0.25) is 0 Å². The molecule has 1 aromatic rings. The summed E-state index contributed by atoms with van der Waals surface area (Å²) in [7, 11) is 0. The molecular weight excluding hydrogens is 208 g/mol. The van der Waals surface area contributed by atoms with E-state index in [2.05, 4.69) is 49.9 Å². The van der Waals surface area contributed by atoms with E-state index in [4.69, 9.17) is 5.73 Å². The first-order chi connectivity index (χ1) is 8.04. The summed E-state index contributed by atoms with van der Waals surface area (Å²) in [5, 5.41) is 0. The maximum absolute atomic E-state index is 5.81. The summed E-state index contributed by atoms with van der Waals surface area (Å²) >= 11 is 0. The highest BCUT2D eigenvalue weighted by molar-refractivity contribution is 5.48. The van der Waals surface area contributed by atoms with E-state index in [1.165, 1.54) is 17.7 Å². The molecule has 1 rings (SSSR count). The first-order valence-corrected chi connectivity index (χ1v) is 6.65. The van der Waals surface area contributed by atoms with Gasteiger partial charge in [0.2, 0.25) is 0 Å². The SMILES string of the molecule is CCCN(c1ccc(CC(C)N)cc1)C(C)C. The van der Waals surface area contributed by atoms with Crippen molar-refractivity contribution in [3.8, 4) is 0 Å². The van der Waals surface area contributed by atoms with E-state index >= 15 is 0 Å². The zero-order valence-electron chi connectivity index (χ0n) is 11.6. The Hall–Kier alpha value is -1.02. The first-order valence-electron chi connectivity index (χ1n) is 6.65. The lowest BCUT2D eigenvalue weighted by molar-refractivity contribution is 0.670. The molecule has 1 aromatic carbocycles. The molecule has 2 nitrogen and oxygen atoms in total. The van der Waals surface area contributed by atoms with E-state index in [-0.39, 0.29) is 6.04 Å². The quantitative estimate of drug-likeness (QED) is 0.819. The Labute approximate surface area is 106 Å². The zero-order chi connectivity index (χ0) is 12.8. The van der Waals surface area contributed by atoms with Crippen LogP contribution in [0, 0.1) is 0 Å². The van der Waals surface area contributed by atoms with Gasteiger partial charge in [-0.05, 0) is 51.3 Å². The third-order valence-electron chi connectivity index (χ3n) is 2.91. The van der Waals surface area contributed by atoms with Gasteiger partial charge in [-0.3, -0.25) is 0 Å². The fourth-order valence-corrected chi connectivity index (χ4v) is 2.12. The number of benzene rings is 1. The molecule has 0 heterocycles. The molecule has 0 saturated heterocycles. The van der Waals surface area contributed by atoms with Gasteiger partial charge in [0.25, 0.3) is 0 Å². The number of nitrogens with two attached hydrogens (primary N) is 1. The van der Waals surface area contributed by atoms with Crippen LogP contribution < -0.4 is 10.6 Å². The third-order valence-corrected chi connectivity index (χ3v) is 2.91. The molecule has 0 aliphatic heterocycles.